The largest absolute Gasteiger partial charge is 0.477 e. The molecule has 9 nitrogen and oxygen atoms in total. The van der Waals surface area contributed by atoms with Crippen LogP contribution in [0, 0.1) is 10.1 Å². The van der Waals surface area contributed by atoms with Crippen molar-refractivity contribution in [3.63, 3.8) is 0 Å². The second kappa shape index (κ2) is 5.51. The number of nitrogens with one attached hydrogen (secondary N) is 2. The summed E-state index contributed by atoms with van der Waals surface area (Å²) >= 11 is 0. The van der Waals surface area contributed by atoms with E-state index in [9.17, 15) is 19.7 Å². The molecule has 1 aliphatic heterocycles. The standard InChI is InChI=1S/C11H12N4O5/c16-9-4-1-6(5-12-9)13-10-8(15(19)20)3-2-7(14-10)11(17)18/h2-3,6H,1,4-5H2,(H,12,16)(H,13,14)(H,17,18). The van der Waals surface area contributed by atoms with Crippen molar-refractivity contribution in [3.8, 4) is 0 Å². The van der Waals surface area contributed by atoms with E-state index in [-0.39, 0.29) is 29.1 Å². The predicted octanol–water partition coefficient (Wildman–Crippen LogP) is 0.378. The van der Waals surface area contributed by atoms with Gasteiger partial charge in [0.25, 0.3) is 0 Å². The molecule has 1 atom stereocenters. The lowest BCUT2D eigenvalue weighted by atomic mass is 10.1. The van der Waals surface area contributed by atoms with E-state index in [4.69, 9.17) is 5.11 Å². The van der Waals surface area contributed by atoms with Gasteiger partial charge in [0.15, 0.2) is 5.69 Å². The number of carbonyl (C=O) groups is 2. The van der Waals surface area contributed by atoms with Crippen molar-refractivity contribution in [2.24, 2.45) is 0 Å². The zero-order valence-electron chi connectivity index (χ0n) is 10.3. The summed E-state index contributed by atoms with van der Waals surface area (Å²) in [6.07, 6.45) is 0.812. The van der Waals surface area contributed by atoms with Gasteiger partial charge in [0.2, 0.25) is 11.7 Å². The van der Waals surface area contributed by atoms with Gasteiger partial charge < -0.3 is 15.7 Å². The number of carboxylic acids is 1. The summed E-state index contributed by atoms with van der Waals surface area (Å²) in [4.78, 5) is 35.9. The monoisotopic (exact) mass is 280 g/mol. The van der Waals surface area contributed by atoms with E-state index in [1.807, 2.05) is 0 Å². The predicted molar refractivity (Wildman–Crippen MR) is 67.5 cm³/mol. The number of amides is 1. The van der Waals surface area contributed by atoms with Crippen LogP contribution in [0.1, 0.15) is 23.3 Å². The maximum atomic E-state index is 11.0. The van der Waals surface area contributed by atoms with Crippen LogP contribution in [-0.4, -0.2) is 39.5 Å². The Morgan fingerprint density at radius 3 is 2.85 bits per heavy atom. The van der Waals surface area contributed by atoms with Crippen LogP contribution in [0.2, 0.25) is 0 Å². The third kappa shape index (κ3) is 2.99. The number of pyridine rings is 1. The van der Waals surface area contributed by atoms with Gasteiger partial charge in [-0.05, 0) is 12.5 Å². The molecule has 106 valence electrons. The van der Waals surface area contributed by atoms with Gasteiger partial charge in [-0.25, -0.2) is 9.78 Å². The van der Waals surface area contributed by atoms with E-state index >= 15 is 0 Å². The maximum absolute atomic E-state index is 11.0. The molecule has 2 heterocycles. The SMILES string of the molecule is O=C1CCC(Nc2nc(C(=O)O)ccc2[N+](=O)[O-])CN1. The molecular formula is C11H12N4O5. The Morgan fingerprint density at radius 2 is 2.30 bits per heavy atom. The smallest absolute Gasteiger partial charge is 0.354 e. The molecular weight excluding hydrogens is 268 g/mol. The van der Waals surface area contributed by atoms with Crippen LogP contribution in [0.3, 0.4) is 0 Å². The fourth-order valence-electron chi connectivity index (χ4n) is 1.87. The lowest BCUT2D eigenvalue weighted by Gasteiger charge is -2.23. The normalized spacial score (nSPS) is 18.2. The number of aromatic nitrogens is 1. The number of nitro groups is 1. The number of carboxylic acid groups (broad SMARTS) is 1. The van der Waals surface area contributed by atoms with Gasteiger partial charge >= 0.3 is 11.7 Å². The highest BCUT2D eigenvalue weighted by Gasteiger charge is 2.23. The van der Waals surface area contributed by atoms with Crippen LogP contribution < -0.4 is 10.6 Å². The maximum Gasteiger partial charge on any atom is 0.354 e. The number of piperidine rings is 1. The Morgan fingerprint density at radius 1 is 1.55 bits per heavy atom. The Labute approximate surface area is 113 Å². The molecule has 20 heavy (non-hydrogen) atoms. The van der Waals surface area contributed by atoms with Crippen LogP contribution in [0.5, 0.6) is 0 Å². The molecule has 1 aliphatic rings. The number of hydrogen-bond acceptors (Lipinski definition) is 6. The highest BCUT2D eigenvalue weighted by molar-refractivity contribution is 5.86. The van der Waals surface area contributed by atoms with E-state index in [2.05, 4.69) is 15.6 Å². The van der Waals surface area contributed by atoms with Crippen molar-refractivity contribution >= 4 is 23.4 Å². The van der Waals surface area contributed by atoms with E-state index in [0.29, 0.717) is 19.4 Å². The van der Waals surface area contributed by atoms with Crippen molar-refractivity contribution in [1.82, 2.24) is 10.3 Å². The molecule has 1 fully saturated rings. The van der Waals surface area contributed by atoms with Crippen molar-refractivity contribution in [2.45, 2.75) is 18.9 Å². The number of hydrogen-bond donors (Lipinski definition) is 3. The zero-order valence-corrected chi connectivity index (χ0v) is 10.3. The van der Waals surface area contributed by atoms with E-state index in [0.717, 1.165) is 12.1 Å². The summed E-state index contributed by atoms with van der Waals surface area (Å²) in [5.41, 5.74) is -0.579. The van der Waals surface area contributed by atoms with Gasteiger partial charge in [-0.3, -0.25) is 14.9 Å². The average molecular weight is 280 g/mol. The molecule has 9 heteroatoms. The number of anilines is 1. The first-order chi connectivity index (χ1) is 9.47. The van der Waals surface area contributed by atoms with Gasteiger partial charge in [-0.15, -0.1) is 0 Å². The van der Waals surface area contributed by atoms with Crippen molar-refractivity contribution < 1.29 is 19.6 Å². The van der Waals surface area contributed by atoms with Gasteiger partial charge in [-0.1, -0.05) is 0 Å². The first-order valence-electron chi connectivity index (χ1n) is 5.89. The van der Waals surface area contributed by atoms with Gasteiger partial charge in [0, 0.05) is 25.1 Å². The first-order valence-corrected chi connectivity index (χ1v) is 5.89. The van der Waals surface area contributed by atoms with Crippen molar-refractivity contribution in [1.29, 1.82) is 0 Å². The Balaban J connectivity index is 2.23. The molecule has 0 saturated carbocycles. The van der Waals surface area contributed by atoms with Crippen molar-refractivity contribution in [2.75, 3.05) is 11.9 Å². The molecule has 0 spiro atoms. The molecule has 1 unspecified atom stereocenters. The Bertz CT molecular complexity index is 564. The van der Waals surface area contributed by atoms with Crippen LogP contribution in [0.15, 0.2) is 12.1 Å². The van der Waals surface area contributed by atoms with E-state index in [1.165, 1.54) is 0 Å². The Kier molecular flexibility index (Phi) is 3.78. The summed E-state index contributed by atoms with van der Waals surface area (Å²) in [7, 11) is 0. The van der Waals surface area contributed by atoms with Gasteiger partial charge in [-0.2, -0.15) is 0 Å². The third-order valence-electron chi connectivity index (χ3n) is 2.90. The minimum atomic E-state index is -1.26. The summed E-state index contributed by atoms with van der Waals surface area (Å²) in [6.45, 7) is 0.314. The van der Waals surface area contributed by atoms with Crippen molar-refractivity contribution in [3.05, 3.63) is 27.9 Å². The fourth-order valence-corrected chi connectivity index (χ4v) is 1.87. The summed E-state index contributed by atoms with van der Waals surface area (Å²) in [5.74, 6) is -1.44. The molecule has 2 rings (SSSR count). The molecule has 0 radical (unpaired) electrons. The minimum Gasteiger partial charge on any atom is -0.477 e. The van der Waals surface area contributed by atoms with Crippen LogP contribution in [-0.2, 0) is 4.79 Å². The first kappa shape index (κ1) is 13.7. The lowest BCUT2D eigenvalue weighted by molar-refractivity contribution is -0.384. The molecule has 0 aromatic carbocycles. The molecule has 1 saturated heterocycles. The molecule has 3 N–H and O–H groups in total. The van der Waals surface area contributed by atoms with E-state index in [1.54, 1.807) is 0 Å². The lowest BCUT2D eigenvalue weighted by Crippen LogP contribution is -2.42. The zero-order chi connectivity index (χ0) is 14.7. The van der Waals surface area contributed by atoms with E-state index < -0.39 is 10.9 Å². The summed E-state index contributed by atoms with van der Waals surface area (Å²) < 4.78 is 0. The topological polar surface area (TPSA) is 134 Å². The quantitative estimate of drug-likeness (QED) is 0.536. The van der Waals surface area contributed by atoms with Gasteiger partial charge in [0.1, 0.15) is 0 Å². The minimum absolute atomic E-state index is 0.0789. The molecule has 1 aromatic heterocycles. The average Bonchev–Trinajstić information content (AvgIpc) is 2.41. The van der Waals surface area contributed by atoms with Gasteiger partial charge in [0.05, 0.1) is 4.92 Å². The molecule has 1 amide bonds. The molecule has 0 aliphatic carbocycles. The van der Waals surface area contributed by atoms with Crippen LogP contribution >= 0.6 is 0 Å². The molecule has 0 bridgehead atoms. The number of nitrogens with zero attached hydrogens (tertiary/aromatic N) is 2. The summed E-state index contributed by atoms with van der Waals surface area (Å²) in [5, 5.41) is 25.2. The van der Waals surface area contributed by atoms with Crippen LogP contribution in [0.25, 0.3) is 0 Å². The Hall–Kier alpha value is -2.71. The third-order valence-corrected chi connectivity index (χ3v) is 2.90. The fraction of sp³-hybridized carbons (Fsp3) is 0.364. The number of rotatable bonds is 4. The number of carbonyl (C=O) groups excluding carboxylic acids is 1. The summed E-state index contributed by atoms with van der Waals surface area (Å²) in [6, 6.07) is 1.96. The highest BCUT2D eigenvalue weighted by Crippen LogP contribution is 2.24. The van der Waals surface area contributed by atoms with Crippen LogP contribution in [0.4, 0.5) is 11.5 Å². The highest BCUT2D eigenvalue weighted by atomic mass is 16.6. The second-order valence-electron chi connectivity index (χ2n) is 4.31. The molecule has 1 aromatic rings. The number of aromatic carboxylic acids is 1. The second-order valence-corrected chi connectivity index (χ2v) is 4.31.